The normalized spacial score (nSPS) is 11.2. The Balaban J connectivity index is 1.31. The van der Waals surface area contributed by atoms with E-state index in [1.807, 2.05) is 18.2 Å². The molecule has 3 aromatic carbocycles. The lowest BCUT2D eigenvalue weighted by atomic mass is 10.1. The Bertz CT molecular complexity index is 1230. The van der Waals surface area contributed by atoms with E-state index in [4.69, 9.17) is 14.6 Å². The van der Waals surface area contributed by atoms with Gasteiger partial charge in [-0.2, -0.15) is 0 Å². The summed E-state index contributed by atoms with van der Waals surface area (Å²) >= 11 is 1.64. The largest absolute Gasteiger partial charge is 0.486 e. The Morgan fingerprint density at radius 3 is 2.45 bits per heavy atom. The number of hydrogen-bond donors (Lipinski definition) is 1. The smallest absolute Gasteiger partial charge is 0.335 e. The predicted octanol–water partition coefficient (Wildman–Crippen LogP) is 6.46. The van der Waals surface area contributed by atoms with E-state index < -0.39 is 5.97 Å². The van der Waals surface area contributed by atoms with Crippen LogP contribution in [0.4, 0.5) is 0 Å². The second-order valence-corrected chi connectivity index (χ2v) is 9.20. The van der Waals surface area contributed by atoms with Gasteiger partial charge in [-0.25, -0.2) is 9.78 Å². The Kier molecular flexibility index (Phi) is 7.37. The summed E-state index contributed by atoms with van der Waals surface area (Å²) in [6.45, 7) is 5.84. The van der Waals surface area contributed by atoms with Crippen LogP contribution >= 0.6 is 11.3 Å². The molecule has 0 spiro atoms. The van der Waals surface area contributed by atoms with Crippen molar-refractivity contribution < 1.29 is 19.4 Å². The summed E-state index contributed by atoms with van der Waals surface area (Å²) in [6, 6.07) is 19.3. The second kappa shape index (κ2) is 10.6. The molecule has 5 nitrogen and oxygen atoms in total. The van der Waals surface area contributed by atoms with Crippen LogP contribution in [0.3, 0.4) is 0 Å². The summed E-state index contributed by atoms with van der Waals surface area (Å²) in [7, 11) is 0. The molecule has 0 aliphatic rings. The third-order valence-corrected chi connectivity index (χ3v) is 6.24. The maximum absolute atomic E-state index is 10.9. The molecule has 4 aromatic rings. The van der Waals surface area contributed by atoms with Crippen molar-refractivity contribution in [1.82, 2.24) is 4.98 Å². The first-order valence-electron chi connectivity index (χ1n) is 11.0. The van der Waals surface area contributed by atoms with Crippen molar-refractivity contribution in [2.24, 2.45) is 0 Å². The van der Waals surface area contributed by atoms with Crippen molar-refractivity contribution in [3.63, 3.8) is 0 Å². The molecule has 0 atom stereocenters. The van der Waals surface area contributed by atoms with Crippen molar-refractivity contribution in [3.8, 4) is 5.75 Å². The third kappa shape index (κ3) is 6.18. The highest BCUT2D eigenvalue weighted by atomic mass is 32.1. The maximum Gasteiger partial charge on any atom is 0.335 e. The van der Waals surface area contributed by atoms with Crippen molar-refractivity contribution in [1.29, 1.82) is 0 Å². The number of rotatable bonds is 10. The van der Waals surface area contributed by atoms with Gasteiger partial charge >= 0.3 is 5.97 Å². The summed E-state index contributed by atoms with van der Waals surface area (Å²) in [5.74, 6) is 0.339. The third-order valence-electron chi connectivity index (χ3n) is 5.40. The van der Waals surface area contributed by atoms with Gasteiger partial charge in [0.15, 0.2) is 0 Å². The highest BCUT2D eigenvalue weighted by molar-refractivity contribution is 7.09. The van der Waals surface area contributed by atoms with Gasteiger partial charge in [-0.3, -0.25) is 0 Å². The van der Waals surface area contributed by atoms with Gasteiger partial charge in [0.25, 0.3) is 0 Å². The van der Waals surface area contributed by atoms with Crippen LogP contribution in [-0.4, -0.2) is 22.7 Å². The lowest BCUT2D eigenvalue weighted by molar-refractivity contribution is 0.0697. The summed E-state index contributed by atoms with van der Waals surface area (Å²) in [4.78, 5) is 15.6. The van der Waals surface area contributed by atoms with Gasteiger partial charge in [-0.1, -0.05) is 44.2 Å². The molecular weight excluding hydrogens is 434 g/mol. The number of fused-ring (bicyclic) bond motifs is 1. The van der Waals surface area contributed by atoms with Crippen LogP contribution in [0, 0.1) is 0 Å². The van der Waals surface area contributed by atoms with Gasteiger partial charge in [-0.15, -0.1) is 11.3 Å². The van der Waals surface area contributed by atoms with Crippen molar-refractivity contribution in [2.45, 2.75) is 39.4 Å². The van der Waals surface area contributed by atoms with E-state index in [0.717, 1.165) is 44.8 Å². The SMILES string of the molecule is CC(C)c1csc(COc2ccc3ccc(COCCc4ccc(C(=O)O)cc4)cc3c2)n1. The standard InChI is InChI=1S/C27H27NO4S/c1-18(2)25-17-33-26(28-25)16-32-24-10-9-21-6-5-20(13-23(21)14-24)15-31-12-11-19-3-7-22(8-4-19)27(29)30/h3-10,13-14,17-18H,11-12,15-16H2,1-2H3,(H,29,30). The summed E-state index contributed by atoms with van der Waals surface area (Å²) < 4.78 is 11.8. The van der Waals surface area contributed by atoms with Crippen LogP contribution in [0.15, 0.2) is 66.0 Å². The molecule has 0 fully saturated rings. The minimum absolute atomic E-state index is 0.297. The fourth-order valence-electron chi connectivity index (χ4n) is 3.45. The van der Waals surface area contributed by atoms with Crippen molar-refractivity contribution >= 4 is 28.1 Å². The quantitative estimate of drug-likeness (QED) is 0.275. The maximum atomic E-state index is 10.9. The molecule has 0 amide bonds. The molecule has 0 aliphatic carbocycles. The van der Waals surface area contributed by atoms with Crippen LogP contribution in [0.5, 0.6) is 5.75 Å². The molecule has 0 radical (unpaired) electrons. The summed E-state index contributed by atoms with van der Waals surface area (Å²) in [5.41, 5.74) is 3.56. The first kappa shape index (κ1) is 23.0. The molecule has 0 aliphatic heterocycles. The molecule has 33 heavy (non-hydrogen) atoms. The number of hydrogen-bond acceptors (Lipinski definition) is 5. The number of aromatic carboxylic acids is 1. The Labute approximate surface area is 197 Å². The fourth-order valence-corrected chi connectivity index (χ4v) is 4.32. The van der Waals surface area contributed by atoms with Gasteiger partial charge in [0, 0.05) is 5.38 Å². The molecule has 4 rings (SSSR count). The first-order chi connectivity index (χ1) is 16.0. The number of carbonyl (C=O) groups is 1. The average Bonchev–Trinajstić information content (AvgIpc) is 3.30. The van der Waals surface area contributed by atoms with Crippen LogP contribution in [-0.2, 0) is 24.4 Å². The molecule has 1 aromatic heterocycles. The number of ether oxygens (including phenoxy) is 2. The van der Waals surface area contributed by atoms with E-state index in [1.165, 1.54) is 0 Å². The molecule has 0 saturated heterocycles. The molecule has 1 heterocycles. The minimum Gasteiger partial charge on any atom is -0.486 e. The summed E-state index contributed by atoms with van der Waals surface area (Å²) in [6.07, 6.45) is 0.737. The minimum atomic E-state index is -0.911. The molecular formula is C27H27NO4S. The number of carboxylic acid groups (broad SMARTS) is 1. The molecule has 1 N–H and O–H groups in total. The monoisotopic (exact) mass is 461 g/mol. The topological polar surface area (TPSA) is 68.7 Å². The molecule has 6 heteroatoms. The fraction of sp³-hybridized carbons (Fsp3) is 0.259. The van der Waals surface area contributed by atoms with Crippen LogP contribution in [0.25, 0.3) is 10.8 Å². The van der Waals surface area contributed by atoms with Gasteiger partial charge in [-0.05, 0) is 64.6 Å². The number of thiazole rings is 1. The number of benzene rings is 3. The van der Waals surface area contributed by atoms with E-state index in [0.29, 0.717) is 31.3 Å². The second-order valence-electron chi connectivity index (χ2n) is 8.26. The van der Waals surface area contributed by atoms with Crippen LogP contribution in [0.1, 0.15) is 52.0 Å². The predicted molar refractivity (Wildman–Crippen MR) is 131 cm³/mol. The average molecular weight is 462 g/mol. The van der Waals surface area contributed by atoms with Gasteiger partial charge < -0.3 is 14.6 Å². The van der Waals surface area contributed by atoms with Gasteiger partial charge in [0.1, 0.15) is 17.4 Å². The van der Waals surface area contributed by atoms with E-state index in [-0.39, 0.29) is 0 Å². The molecule has 170 valence electrons. The Hall–Kier alpha value is -3.22. The van der Waals surface area contributed by atoms with Gasteiger partial charge in [0.05, 0.1) is 24.5 Å². The van der Waals surface area contributed by atoms with Crippen molar-refractivity contribution in [2.75, 3.05) is 6.61 Å². The van der Waals surface area contributed by atoms with E-state index in [1.54, 1.807) is 23.5 Å². The van der Waals surface area contributed by atoms with E-state index >= 15 is 0 Å². The lowest BCUT2D eigenvalue weighted by Gasteiger charge is -2.09. The zero-order valence-corrected chi connectivity index (χ0v) is 19.6. The first-order valence-corrected chi connectivity index (χ1v) is 11.9. The Morgan fingerprint density at radius 1 is 0.970 bits per heavy atom. The number of nitrogens with zero attached hydrogens (tertiary/aromatic N) is 1. The highest BCUT2D eigenvalue weighted by Crippen LogP contribution is 2.24. The number of carboxylic acids is 1. The van der Waals surface area contributed by atoms with Crippen molar-refractivity contribution in [3.05, 3.63) is 93.4 Å². The number of aromatic nitrogens is 1. The highest BCUT2D eigenvalue weighted by Gasteiger charge is 2.07. The molecule has 0 saturated carbocycles. The molecule has 0 bridgehead atoms. The molecule has 0 unspecified atom stereocenters. The zero-order valence-electron chi connectivity index (χ0n) is 18.8. The Morgan fingerprint density at radius 2 is 1.73 bits per heavy atom. The zero-order chi connectivity index (χ0) is 23.2. The summed E-state index contributed by atoms with van der Waals surface area (Å²) in [5, 5.41) is 14.3. The lowest BCUT2D eigenvalue weighted by Crippen LogP contribution is -2.01. The van der Waals surface area contributed by atoms with E-state index in [9.17, 15) is 4.79 Å². The van der Waals surface area contributed by atoms with E-state index in [2.05, 4.69) is 54.5 Å². The van der Waals surface area contributed by atoms with Crippen LogP contribution < -0.4 is 4.74 Å². The van der Waals surface area contributed by atoms with Gasteiger partial charge in [0.2, 0.25) is 0 Å². The van der Waals surface area contributed by atoms with Crippen LogP contribution in [0.2, 0.25) is 0 Å².